The molecule has 0 saturated carbocycles. The Morgan fingerprint density at radius 3 is 2.61 bits per heavy atom. The number of piperidine rings is 1. The summed E-state index contributed by atoms with van der Waals surface area (Å²) >= 11 is 0. The largest absolute Gasteiger partial charge is 0.377 e. The van der Waals surface area contributed by atoms with E-state index in [9.17, 15) is 13.6 Å². The predicted molar refractivity (Wildman–Crippen MR) is 85.9 cm³/mol. The summed E-state index contributed by atoms with van der Waals surface area (Å²) in [6.07, 6.45) is 1.78. The van der Waals surface area contributed by atoms with Crippen LogP contribution in [0.4, 0.5) is 25.0 Å². The molecule has 1 aromatic rings. The van der Waals surface area contributed by atoms with E-state index in [1.165, 1.54) is 4.90 Å². The lowest BCUT2D eigenvalue weighted by atomic mass is 10.1. The SMILES string of the molecule is CCO[C@@H]1CCCN(C(=O)Nc2cc(F)c(N(C)C)c(F)c2)C1. The van der Waals surface area contributed by atoms with Crippen molar-refractivity contribution >= 4 is 17.4 Å². The Morgan fingerprint density at radius 1 is 1.39 bits per heavy atom. The van der Waals surface area contributed by atoms with Crippen molar-refractivity contribution in [2.75, 3.05) is 44.0 Å². The summed E-state index contributed by atoms with van der Waals surface area (Å²) in [4.78, 5) is 15.2. The van der Waals surface area contributed by atoms with Gasteiger partial charge in [-0.2, -0.15) is 0 Å². The smallest absolute Gasteiger partial charge is 0.321 e. The Balaban J connectivity index is 2.05. The average Bonchev–Trinajstić information content (AvgIpc) is 2.46. The van der Waals surface area contributed by atoms with Crippen molar-refractivity contribution < 1.29 is 18.3 Å². The fourth-order valence-corrected chi connectivity index (χ4v) is 2.76. The van der Waals surface area contributed by atoms with Gasteiger partial charge in [0.25, 0.3) is 0 Å². The highest BCUT2D eigenvalue weighted by molar-refractivity contribution is 5.89. The summed E-state index contributed by atoms with van der Waals surface area (Å²) < 4.78 is 33.4. The first-order chi connectivity index (χ1) is 10.9. The van der Waals surface area contributed by atoms with Crippen LogP contribution in [-0.4, -0.2) is 50.8 Å². The highest BCUT2D eigenvalue weighted by atomic mass is 19.1. The molecular weight excluding hydrogens is 304 g/mol. The van der Waals surface area contributed by atoms with Gasteiger partial charge >= 0.3 is 6.03 Å². The maximum atomic E-state index is 14.0. The maximum Gasteiger partial charge on any atom is 0.321 e. The van der Waals surface area contributed by atoms with Crippen molar-refractivity contribution in [2.45, 2.75) is 25.9 Å². The minimum absolute atomic E-state index is 0.0177. The van der Waals surface area contributed by atoms with Gasteiger partial charge in [-0.05, 0) is 31.9 Å². The predicted octanol–water partition coefficient (Wildman–Crippen LogP) is 3.06. The number of anilines is 2. The minimum atomic E-state index is -0.712. The standard InChI is InChI=1S/C16H23F2N3O2/c1-4-23-12-6-5-7-21(10-12)16(22)19-11-8-13(17)15(20(2)3)14(18)9-11/h8-9,12H,4-7,10H2,1-3H3,(H,19,22)/t12-/m1/s1. The quantitative estimate of drug-likeness (QED) is 0.924. The zero-order valence-electron chi connectivity index (χ0n) is 13.7. The number of hydrogen-bond acceptors (Lipinski definition) is 3. The van der Waals surface area contributed by atoms with Crippen molar-refractivity contribution in [1.82, 2.24) is 4.90 Å². The number of likely N-dealkylation sites (tertiary alicyclic amines) is 1. The van der Waals surface area contributed by atoms with Crippen LogP contribution in [0.25, 0.3) is 0 Å². The van der Waals surface area contributed by atoms with E-state index in [4.69, 9.17) is 4.74 Å². The van der Waals surface area contributed by atoms with Crippen molar-refractivity contribution in [3.63, 3.8) is 0 Å². The Bertz CT molecular complexity index is 541. The second kappa shape index (κ2) is 7.59. The number of amides is 2. The second-order valence-corrected chi connectivity index (χ2v) is 5.78. The number of rotatable bonds is 4. The topological polar surface area (TPSA) is 44.8 Å². The number of hydrogen-bond donors (Lipinski definition) is 1. The average molecular weight is 327 g/mol. The van der Waals surface area contributed by atoms with Crippen LogP contribution in [0.3, 0.4) is 0 Å². The summed E-state index contributed by atoms with van der Waals surface area (Å²) in [5.74, 6) is -1.42. The van der Waals surface area contributed by atoms with Gasteiger partial charge in [0, 0.05) is 39.5 Å². The van der Waals surface area contributed by atoms with Crippen LogP contribution >= 0.6 is 0 Å². The molecule has 23 heavy (non-hydrogen) atoms. The first-order valence-corrected chi connectivity index (χ1v) is 7.76. The molecule has 0 unspecified atom stereocenters. The number of halogens is 2. The van der Waals surface area contributed by atoms with Crippen LogP contribution in [0.1, 0.15) is 19.8 Å². The van der Waals surface area contributed by atoms with Crippen molar-refractivity contribution in [3.05, 3.63) is 23.8 Å². The highest BCUT2D eigenvalue weighted by Crippen LogP contribution is 2.26. The van der Waals surface area contributed by atoms with Crippen LogP contribution in [-0.2, 0) is 4.74 Å². The Kier molecular flexibility index (Phi) is 5.76. The molecule has 0 bridgehead atoms. The number of nitrogens with one attached hydrogen (secondary N) is 1. The van der Waals surface area contributed by atoms with E-state index in [2.05, 4.69) is 5.32 Å². The van der Waals surface area contributed by atoms with Crippen molar-refractivity contribution in [1.29, 1.82) is 0 Å². The summed E-state index contributed by atoms with van der Waals surface area (Å²) in [5.41, 5.74) is -0.0217. The molecule has 1 saturated heterocycles. The van der Waals surface area contributed by atoms with Crippen LogP contribution < -0.4 is 10.2 Å². The molecular formula is C16H23F2N3O2. The van der Waals surface area contributed by atoms with Gasteiger partial charge in [-0.3, -0.25) is 0 Å². The van der Waals surface area contributed by atoms with E-state index < -0.39 is 11.6 Å². The molecule has 7 heteroatoms. The third-order valence-electron chi connectivity index (χ3n) is 3.78. The van der Waals surface area contributed by atoms with Gasteiger partial charge in [0.1, 0.15) is 5.69 Å². The summed E-state index contributed by atoms with van der Waals surface area (Å²) in [6, 6.07) is 1.88. The van der Waals surface area contributed by atoms with E-state index in [-0.39, 0.29) is 23.5 Å². The number of nitrogens with zero attached hydrogens (tertiary/aromatic N) is 2. The van der Waals surface area contributed by atoms with Gasteiger partial charge in [0.05, 0.1) is 6.10 Å². The molecule has 0 aromatic heterocycles. The number of ether oxygens (including phenoxy) is 1. The van der Waals surface area contributed by atoms with Crippen molar-refractivity contribution in [3.8, 4) is 0 Å². The lowest BCUT2D eigenvalue weighted by Crippen LogP contribution is -2.45. The molecule has 5 nitrogen and oxygen atoms in total. The molecule has 0 aliphatic carbocycles. The molecule has 1 aromatic carbocycles. The van der Waals surface area contributed by atoms with Crippen molar-refractivity contribution in [2.24, 2.45) is 0 Å². The number of urea groups is 1. The molecule has 2 rings (SSSR count). The molecule has 0 radical (unpaired) electrons. The van der Waals surface area contributed by atoms with Crippen LogP contribution in [0.2, 0.25) is 0 Å². The zero-order chi connectivity index (χ0) is 17.0. The van der Waals surface area contributed by atoms with Gasteiger partial charge in [0.15, 0.2) is 11.6 Å². The van der Waals surface area contributed by atoms with E-state index in [0.29, 0.717) is 19.7 Å². The number of benzene rings is 1. The molecule has 128 valence electrons. The molecule has 1 heterocycles. The molecule has 1 aliphatic heterocycles. The first-order valence-electron chi connectivity index (χ1n) is 7.76. The fraction of sp³-hybridized carbons (Fsp3) is 0.562. The van der Waals surface area contributed by atoms with Crippen LogP contribution in [0.5, 0.6) is 0 Å². The van der Waals surface area contributed by atoms with Gasteiger partial charge < -0.3 is 19.9 Å². The summed E-state index contributed by atoms with van der Waals surface area (Å²) in [5, 5.41) is 2.56. The number of carbonyl (C=O) groups is 1. The molecule has 1 N–H and O–H groups in total. The minimum Gasteiger partial charge on any atom is -0.377 e. The van der Waals surface area contributed by atoms with Gasteiger partial charge in [-0.1, -0.05) is 0 Å². The third kappa shape index (κ3) is 4.31. The lowest BCUT2D eigenvalue weighted by Gasteiger charge is -2.32. The Morgan fingerprint density at radius 2 is 2.04 bits per heavy atom. The Labute approximate surface area is 135 Å². The first kappa shape index (κ1) is 17.5. The van der Waals surface area contributed by atoms with Crippen LogP contribution in [0, 0.1) is 11.6 Å². The third-order valence-corrected chi connectivity index (χ3v) is 3.78. The van der Waals surface area contributed by atoms with Gasteiger partial charge in [0.2, 0.25) is 0 Å². The normalized spacial score (nSPS) is 18.0. The van der Waals surface area contributed by atoms with E-state index in [1.807, 2.05) is 6.92 Å². The van der Waals surface area contributed by atoms with Crippen LogP contribution in [0.15, 0.2) is 12.1 Å². The second-order valence-electron chi connectivity index (χ2n) is 5.78. The summed E-state index contributed by atoms with van der Waals surface area (Å²) in [7, 11) is 3.11. The van der Waals surface area contributed by atoms with E-state index in [1.54, 1.807) is 19.0 Å². The molecule has 0 spiro atoms. The molecule has 1 aliphatic rings. The molecule has 1 atom stereocenters. The highest BCUT2D eigenvalue weighted by Gasteiger charge is 2.24. The monoisotopic (exact) mass is 327 g/mol. The fourth-order valence-electron chi connectivity index (χ4n) is 2.76. The summed E-state index contributed by atoms with van der Waals surface area (Å²) in [6.45, 7) is 3.61. The van der Waals surface area contributed by atoms with Gasteiger partial charge in [-0.25, -0.2) is 13.6 Å². The Hall–Kier alpha value is -1.89. The van der Waals surface area contributed by atoms with E-state index in [0.717, 1.165) is 25.0 Å². The lowest BCUT2D eigenvalue weighted by molar-refractivity contribution is 0.0181. The maximum absolute atomic E-state index is 14.0. The van der Waals surface area contributed by atoms with E-state index >= 15 is 0 Å². The zero-order valence-corrected chi connectivity index (χ0v) is 13.7. The molecule has 2 amide bonds. The van der Waals surface area contributed by atoms with Gasteiger partial charge in [-0.15, -0.1) is 0 Å². The molecule has 1 fully saturated rings. The number of carbonyl (C=O) groups excluding carboxylic acids is 1.